The van der Waals surface area contributed by atoms with E-state index in [9.17, 15) is 9.59 Å². The van der Waals surface area contributed by atoms with Crippen LogP contribution in [0.1, 0.15) is 22.8 Å². The summed E-state index contributed by atoms with van der Waals surface area (Å²) in [6.45, 7) is 3.56. The number of hydrogen-bond acceptors (Lipinski definition) is 5. The van der Waals surface area contributed by atoms with E-state index in [1.165, 1.54) is 0 Å². The summed E-state index contributed by atoms with van der Waals surface area (Å²) in [6.07, 6.45) is 0. The number of hydrogen-bond donors (Lipinski definition) is 2. The minimum Gasteiger partial charge on any atom is -0.452 e. The van der Waals surface area contributed by atoms with Gasteiger partial charge in [-0.15, -0.1) is 0 Å². The molecular weight excluding hydrogens is 340 g/mol. The summed E-state index contributed by atoms with van der Waals surface area (Å²) in [4.78, 5) is 23.6. The number of methoxy groups -OCH3 is 1. The van der Waals surface area contributed by atoms with Crippen LogP contribution >= 0.6 is 15.9 Å². The van der Waals surface area contributed by atoms with E-state index in [0.717, 1.165) is 0 Å². The zero-order chi connectivity index (χ0) is 16.0. The van der Waals surface area contributed by atoms with E-state index in [1.54, 1.807) is 33.1 Å². The molecule has 0 aromatic heterocycles. The van der Waals surface area contributed by atoms with Crippen molar-refractivity contribution in [2.75, 3.05) is 26.1 Å². The molecule has 0 aliphatic heterocycles. The van der Waals surface area contributed by atoms with Gasteiger partial charge in [0.05, 0.1) is 12.2 Å². The third-order valence-electron chi connectivity index (χ3n) is 2.79. The number of nitrogens with two attached hydrogens (primary N) is 1. The van der Waals surface area contributed by atoms with E-state index in [1.807, 2.05) is 0 Å². The SMILES string of the molecule is COCC(C)NC(=O)COC(=O)c1cc(Br)cc(N)c1C. The first-order chi connectivity index (χ1) is 9.85. The molecule has 1 rings (SSSR count). The first-order valence-electron chi connectivity index (χ1n) is 6.36. The number of nitrogen functional groups attached to an aromatic ring is 1. The molecule has 0 fully saturated rings. The van der Waals surface area contributed by atoms with E-state index in [0.29, 0.717) is 27.9 Å². The number of ether oxygens (including phenoxy) is 2. The maximum atomic E-state index is 12.0. The van der Waals surface area contributed by atoms with Gasteiger partial charge in [0, 0.05) is 23.3 Å². The summed E-state index contributed by atoms with van der Waals surface area (Å²) in [7, 11) is 1.54. The number of rotatable bonds is 6. The number of nitrogens with one attached hydrogen (secondary N) is 1. The maximum absolute atomic E-state index is 12.0. The van der Waals surface area contributed by atoms with Crippen LogP contribution in [0.15, 0.2) is 16.6 Å². The van der Waals surface area contributed by atoms with E-state index in [4.69, 9.17) is 15.2 Å². The zero-order valence-corrected chi connectivity index (χ0v) is 13.8. The van der Waals surface area contributed by atoms with Crippen molar-refractivity contribution in [3.63, 3.8) is 0 Å². The second kappa shape index (κ2) is 7.99. The predicted octanol–water partition coefficient (Wildman–Crippen LogP) is 1.65. The van der Waals surface area contributed by atoms with E-state index < -0.39 is 5.97 Å². The van der Waals surface area contributed by atoms with Gasteiger partial charge in [-0.3, -0.25) is 4.79 Å². The standard InChI is InChI=1S/C14H19BrN2O4/c1-8(6-20-3)17-13(18)7-21-14(19)11-4-10(15)5-12(16)9(11)2/h4-5,8H,6-7,16H2,1-3H3,(H,17,18). The Bertz CT molecular complexity index is 534. The van der Waals surface area contributed by atoms with Crippen LogP contribution in [0.4, 0.5) is 5.69 Å². The third kappa shape index (κ3) is 5.35. The minimum absolute atomic E-state index is 0.149. The average molecular weight is 359 g/mol. The van der Waals surface area contributed by atoms with Crippen LogP contribution in [-0.2, 0) is 14.3 Å². The lowest BCUT2D eigenvalue weighted by molar-refractivity contribution is -0.125. The van der Waals surface area contributed by atoms with Crippen molar-refractivity contribution in [3.05, 3.63) is 27.7 Å². The number of anilines is 1. The molecule has 21 heavy (non-hydrogen) atoms. The molecule has 0 aliphatic carbocycles. The Kier molecular flexibility index (Phi) is 6.64. The van der Waals surface area contributed by atoms with Crippen LogP contribution in [0, 0.1) is 6.92 Å². The molecule has 0 bridgehead atoms. The molecule has 7 heteroatoms. The number of benzene rings is 1. The highest BCUT2D eigenvalue weighted by molar-refractivity contribution is 9.10. The van der Waals surface area contributed by atoms with Crippen molar-refractivity contribution in [1.29, 1.82) is 0 Å². The zero-order valence-electron chi connectivity index (χ0n) is 12.2. The molecule has 3 N–H and O–H groups in total. The largest absolute Gasteiger partial charge is 0.452 e. The minimum atomic E-state index is -0.588. The van der Waals surface area contributed by atoms with Crippen molar-refractivity contribution in [2.24, 2.45) is 0 Å². The lowest BCUT2D eigenvalue weighted by Crippen LogP contribution is -2.38. The van der Waals surface area contributed by atoms with Crippen LogP contribution in [0.5, 0.6) is 0 Å². The average Bonchev–Trinajstić information content (AvgIpc) is 2.40. The molecule has 6 nitrogen and oxygen atoms in total. The summed E-state index contributed by atoms with van der Waals surface area (Å²) in [6, 6.07) is 3.16. The van der Waals surface area contributed by atoms with Crippen molar-refractivity contribution >= 4 is 33.5 Å². The summed E-state index contributed by atoms with van der Waals surface area (Å²) < 4.78 is 10.6. The fourth-order valence-electron chi connectivity index (χ4n) is 1.73. The van der Waals surface area contributed by atoms with Gasteiger partial charge in [-0.05, 0) is 31.5 Å². The van der Waals surface area contributed by atoms with Crippen molar-refractivity contribution < 1.29 is 19.1 Å². The molecule has 0 aliphatic rings. The molecule has 1 amide bonds. The van der Waals surface area contributed by atoms with E-state index >= 15 is 0 Å². The second-order valence-electron chi connectivity index (χ2n) is 4.67. The van der Waals surface area contributed by atoms with Gasteiger partial charge in [0.2, 0.25) is 0 Å². The Morgan fingerprint density at radius 3 is 2.71 bits per heavy atom. The molecule has 0 saturated heterocycles. The third-order valence-corrected chi connectivity index (χ3v) is 3.25. The van der Waals surface area contributed by atoms with Gasteiger partial charge in [-0.2, -0.15) is 0 Å². The Balaban J connectivity index is 2.60. The Morgan fingerprint density at radius 2 is 2.10 bits per heavy atom. The Labute approximate surface area is 132 Å². The van der Waals surface area contributed by atoms with Crippen LogP contribution < -0.4 is 11.1 Å². The molecular formula is C14H19BrN2O4. The number of amides is 1. The van der Waals surface area contributed by atoms with Gasteiger partial charge < -0.3 is 20.5 Å². The van der Waals surface area contributed by atoms with Crippen LogP contribution in [-0.4, -0.2) is 38.2 Å². The van der Waals surface area contributed by atoms with Gasteiger partial charge >= 0.3 is 5.97 Å². The van der Waals surface area contributed by atoms with Crippen LogP contribution in [0.25, 0.3) is 0 Å². The topological polar surface area (TPSA) is 90.6 Å². The van der Waals surface area contributed by atoms with Gasteiger partial charge in [0.1, 0.15) is 0 Å². The number of carbonyl (C=O) groups excluding carboxylic acids is 2. The van der Waals surface area contributed by atoms with E-state index in [2.05, 4.69) is 21.2 Å². The molecule has 0 radical (unpaired) electrons. The van der Waals surface area contributed by atoms with E-state index in [-0.39, 0.29) is 18.6 Å². The molecule has 1 aromatic rings. The number of carbonyl (C=O) groups is 2. The normalized spacial score (nSPS) is 11.8. The predicted molar refractivity (Wildman–Crippen MR) is 83.1 cm³/mol. The smallest absolute Gasteiger partial charge is 0.339 e. The summed E-state index contributed by atoms with van der Waals surface area (Å²) in [5.74, 6) is -0.969. The van der Waals surface area contributed by atoms with Crippen molar-refractivity contribution in [3.8, 4) is 0 Å². The first-order valence-corrected chi connectivity index (χ1v) is 7.15. The summed E-state index contributed by atoms with van der Waals surface area (Å²) in [5.41, 5.74) is 7.22. The number of esters is 1. The monoisotopic (exact) mass is 358 g/mol. The highest BCUT2D eigenvalue weighted by atomic mass is 79.9. The summed E-state index contributed by atoms with van der Waals surface area (Å²) >= 11 is 3.26. The number of halogens is 1. The van der Waals surface area contributed by atoms with Crippen molar-refractivity contribution in [2.45, 2.75) is 19.9 Å². The van der Waals surface area contributed by atoms with Crippen LogP contribution in [0.3, 0.4) is 0 Å². The molecule has 1 atom stereocenters. The summed E-state index contributed by atoms with van der Waals surface area (Å²) in [5, 5.41) is 2.65. The van der Waals surface area contributed by atoms with Crippen molar-refractivity contribution in [1.82, 2.24) is 5.32 Å². The first kappa shape index (κ1) is 17.5. The van der Waals surface area contributed by atoms with Gasteiger partial charge in [0.25, 0.3) is 5.91 Å². The Hall–Kier alpha value is -1.60. The lowest BCUT2D eigenvalue weighted by Gasteiger charge is -2.13. The molecule has 0 spiro atoms. The van der Waals surface area contributed by atoms with Gasteiger partial charge in [-0.25, -0.2) is 4.79 Å². The fraction of sp³-hybridized carbons (Fsp3) is 0.429. The molecule has 0 saturated carbocycles. The highest BCUT2D eigenvalue weighted by Gasteiger charge is 2.16. The molecule has 1 aromatic carbocycles. The maximum Gasteiger partial charge on any atom is 0.339 e. The quantitative estimate of drug-likeness (QED) is 0.595. The van der Waals surface area contributed by atoms with Crippen LogP contribution in [0.2, 0.25) is 0 Å². The highest BCUT2D eigenvalue weighted by Crippen LogP contribution is 2.23. The fourth-order valence-corrected chi connectivity index (χ4v) is 2.20. The molecule has 1 unspecified atom stereocenters. The Morgan fingerprint density at radius 1 is 1.43 bits per heavy atom. The molecule has 0 heterocycles. The lowest BCUT2D eigenvalue weighted by atomic mass is 10.1. The molecule has 116 valence electrons. The second-order valence-corrected chi connectivity index (χ2v) is 5.58. The van der Waals surface area contributed by atoms with Gasteiger partial charge in [0.15, 0.2) is 6.61 Å². The van der Waals surface area contributed by atoms with Gasteiger partial charge in [-0.1, -0.05) is 15.9 Å².